The second-order valence-corrected chi connectivity index (χ2v) is 3.50. The normalized spacial score (nSPS) is 14.2. The minimum Gasteiger partial charge on any atom is -0.394 e. The second-order valence-electron chi connectivity index (χ2n) is 3.50. The van der Waals surface area contributed by atoms with Gasteiger partial charge in [-0.2, -0.15) is 0 Å². The number of amides is 1. The van der Waals surface area contributed by atoms with Gasteiger partial charge in [-0.15, -0.1) is 0 Å². The second kappa shape index (κ2) is 5.60. The van der Waals surface area contributed by atoms with E-state index in [2.05, 4.69) is 5.32 Å². The van der Waals surface area contributed by atoms with Crippen molar-refractivity contribution < 1.29 is 20.1 Å². The number of benzene rings is 1. The zero-order valence-corrected chi connectivity index (χ0v) is 8.92. The van der Waals surface area contributed by atoms with Crippen LogP contribution in [0.1, 0.15) is 18.6 Å². The number of hydrogen-bond donors (Lipinski definition) is 4. The van der Waals surface area contributed by atoms with Crippen LogP contribution in [0.25, 0.3) is 0 Å². The Morgan fingerprint density at radius 3 is 2.31 bits per heavy atom. The number of aliphatic hydroxyl groups excluding tert-OH is 3. The van der Waals surface area contributed by atoms with Gasteiger partial charge in [-0.25, -0.2) is 0 Å². The summed E-state index contributed by atoms with van der Waals surface area (Å²) in [5.41, 5.74) is 1.09. The largest absolute Gasteiger partial charge is 0.394 e. The van der Waals surface area contributed by atoms with E-state index in [4.69, 9.17) is 5.11 Å². The number of aliphatic hydroxyl groups is 3. The Morgan fingerprint density at radius 1 is 1.31 bits per heavy atom. The molecule has 0 saturated heterocycles. The van der Waals surface area contributed by atoms with Crippen molar-refractivity contribution in [3.05, 3.63) is 29.8 Å². The van der Waals surface area contributed by atoms with Gasteiger partial charge in [0.15, 0.2) is 0 Å². The molecule has 1 rings (SSSR count). The zero-order chi connectivity index (χ0) is 12.1. The van der Waals surface area contributed by atoms with Gasteiger partial charge in [0.2, 0.25) is 5.91 Å². The summed E-state index contributed by atoms with van der Waals surface area (Å²) >= 11 is 0. The molecule has 0 bridgehead atoms. The van der Waals surface area contributed by atoms with Gasteiger partial charge in [-0.05, 0) is 17.7 Å². The van der Waals surface area contributed by atoms with Gasteiger partial charge in [0.1, 0.15) is 12.2 Å². The third-order valence-electron chi connectivity index (χ3n) is 2.12. The molecule has 0 saturated carbocycles. The fourth-order valence-electron chi connectivity index (χ4n) is 1.29. The molecule has 0 radical (unpaired) electrons. The Bertz CT molecular complexity index is 350. The first-order chi connectivity index (χ1) is 7.54. The molecule has 0 aromatic heterocycles. The highest BCUT2D eigenvalue weighted by molar-refractivity contribution is 5.88. The highest BCUT2D eigenvalue weighted by Crippen LogP contribution is 2.19. The fraction of sp³-hybridized carbons (Fsp3) is 0.364. The van der Waals surface area contributed by atoms with Crippen LogP contribution in [0.15, 0.2) is 24.3 Å². The van der Waals surface area contributed by atoms with Gasteiger partial charge in [-0.1, -0.05) is 12.1 Å². The molecule has 0 aliphatic carbocycles. The van der Waals surface area contributed by atoms with E-state index in [0.717, 1.165) is 0 Å². The summed E-state index contributed by atoms with van der Waals surface area (Å²) in [6.45, 7) is 0.896. The third-order valence-corrected chi connectivity index (χ3v) is 2.12. The van der Waals surface area contributed by atoms with Crippen molar-refractivity contribution in [2.45, 2.75) is 19.1 Å². The van der Waals surface area contributed by atoms with Crippen LogP contribution < -0.4 is 5.32 Å². The standard InChI is InChI=1S/C11H15NO4/c1-7(14)12-9-4-2-8(3-5-9)11(16)10(15)6-13/h2-5,10-11,13,15-16H,6H2,1H3,(H,12,14). The quantitative estimate of drug-likeness (QED) is 0.582. The molecule has 0 fully saturated rings. The molecular weight excluding hydrogens is 210 g/mol. The Balaban J connectivity index is 2.74. The zero-order valence-electron chi connectivity index (χ0n) is 8.92. The van der Waals surface area contributed by atoms with Crippen LogP contribution in [0.3, 0.4) is 0 Å². The predicted octanol–water partition coefficient (Wildman–Crippen LogP) is 0.0316. The Hall–Kier alpha value is -1.43. The molecule has 0 aliphatic heterocycles. The van der Waals surface area contributed by atoms with Crippen molar-refractivity contribution in [3.63, 3.8) is 0 Å². The maximum atomic E-state index is 10.8. The van der Waals surface area contributed by atoms with Gasteiger partial charge in [0.05, 0.1) is 6.61 Å². The van der Waals surface area contributed by atoms with Crippen molar-refractivity contribution in [2.24, 2.45) is 0 Å². The third kappa shape index (κ3) is 3.30. The molecule has 2 atom stereocenters. The number of rotatable bonds is 4. The predicted molar refractivity (Wildman–Crippen MR) is 58.8 cm³/mol. The molecule has 5 nitrogen and oxygen atoms in total. The lowest BCUT2D eigenvalue weighted by atomic mass is 10.0. The molecule has 2 unspecified atom stereocenters. The van der Waals surface area contributed by atoms with E-state index < -0.39 is 18.8 Å². The summed E-state index contributed by atoms with van der Waals surface area (Å²) in [6, 6.07) is 6.39. The van der Waals surface area contributed by atoms with E-state index in [-0.39, 0.29) is 5.91 Å². The van der Waals surface area contributed by atoms with E-state index >= 15 is 0 Å². The van der Waals surface area contributed by atoms with Crippen molar-refractivity contribution in [1.82, 2.24) is 0 Å². The molecule has 1 aromatic rings. The smallest absolute Gasteiger partial charge is 0.221 e. The topological polar surface area (TPSA) is 89.8 Å². The maximum Gasteiger partial charge on any atom is 0.221 e. The Kier molecular flexibility index (Phi) is 4.42. The fourth-order valence-corrected chi connectivity index (χ4v) is 1.29. The highest BCUT2D eigenvalue weighted by Gasteiger charge is 2.16. The maximum absolute atomic E-state index is 10.8. The van der Waals surface area contributed by atoms with E-state index in [1.807, 2.05) is 0 Å². The lowest BCUT2D eigenvalue weighted by Crippen LogP contribution is -2.22. The van der Waals surface area contributed by atoms with Crippen LogP contribution in [0.5, 0.6) is 0 Å². The lowest BCUT2D eigenvalue weighted by molar-refractivity contribution is -0.114. The summed E-state index contributed by atoms with van der Waals surface area (Å²) in [4.78, 5) is 10.8. The van der Waals surface area contributed by atoms with Crippen LogP contribution in [-0.2, 0) is 4.79 Å². The van der Waals surface area contributed by atoms with E-state index in [0.29, 0.717) is 11.3 Å². The number of nitrogens with one attached hydrogen (secondary N) is 1. The number of hydrogen-bond acceptors (Lipinski definition) is 4. The molecule has 0 spiro atoms. The molecule has 0 heterocycles. The van der Waals surface area contributed by atoms with Crippen LogP contribution in [0.4, 0.5) is 5.69 Å². The van der Waals surface area contributed by atoms with Crippen LogP contribution in [0.2, 0.25) is 0 Å². The average Bonchev–Trinajstić information content (AvgIpc) is 2.27. The lowest BCUT2D eigenvalue weighted by Gasteiger charge is -2.16. The minimum atomic E-state index is -1.20. The van der Waals surface area contributed by atoms with Gasteiger partial charge in [0, 0.05) is 12.6 Å². The molecule has 4 N–H and O–H groups in total. The number of anilines is 1. The van der Waals surface area contributed by atoms with Gasteiger partial charge in [-0.3, -0.25) is 4.79 Å². The van der Waals surface area contributed by atoms with Crippen molar-refractivity contribution in [1.29, 1.82) is 0 Å². The summed E-state index contributed by atoms with van der Waals surface area (Å²) in [6.07, 6.45) is -2.33. The summed E-state index contributed by atoms with van der Waals surface area (Å²) in [5, 5.41) is 30.0. The summed E-state index contributed by atoms with van der Waals surface area (Å²) in [7, 11) is 0. The van der Waals surface area contributed by atoms with Crippen LogP contribution in [0, 0.1) is 0 Å². The SMILES string of the molecule is CC(=O)Nc1ccc(C(O)C(O)CO)cc1. The number of carbonyl (C=O) groups excluding carboxylic acids is 1. The van der Waals surface area contributed by atoms with Crippen molar-refractivity contribution >= 4 is 11.6 Å². The summed E-state index contributed by atoms with van der Waals surface area (Å²) < 4.78 is 0. The van der Waals surface area contributed by atoms with E-state index in [9.17, 15) is 15.0 Å². The molecule has 1 amide bonds. The number of carbonyl (C=O) groups is 1. The molecule has 0 aliphatic rings. The first kappa shape index (κ1) is 12.6. The monoisotopic (exact) mass is 225 g/mol. The molecule has 5 heteroatoms. The van der Waals surface area contributed by atoms with Gasteiger partial charge < -0.3 is 20.6 Å². The van der Waals surface area contributed by atoms with Crippen molar-refractivity contribution in [2.75, 3.05) is 11.9 Å². The highest BCUT2D eigenvalue weighted by atomic mass is 16.4. The van der Waals surface area contributed by atoms with Gasteiger partial charge >= 0.3 is 0 Å². The first-order valence-electron chi connectivity index (χ1n) is 4.89. The molecule has 16 heavy (non-hydrogen) atoms. The first-order valence-corrected chi connectivity index (χ1v) is 4.89. The van der Waals surface area contributed by atoms with Crippen LogP contribution in [-0.4, -0.2) is 33.9 Å². The van der Waals surface area contributed by atoms with Crippen molar-refractivity contribution in [3.8, 4) is 0 Å². The molecule has 1 aromatic carbocycles. The molecule has 88 valence electrons. The minimum absolute atomic E-state index is 0.177. The Labute approximate surface area is 93.4 Å². The van der Waals surface area contributed by atoms with E-state index in [1.54, 1.807) is 24.3 Å². The average molecular weight is 225 g/mol. The van der Waals surface area contributed by atoms with Crippen LogP contribution >= 0.6 is 0 Å². The Morgan fingerprint density at radius 2 is 1.88 bits per heavy atom. The van der Waals surface area contributed by atoms with E-state index in [1.165, 1.54) is 6.92 Å². The molecular formula is C11H15NO4. The van der Waals surface area contributed by atoms with Gasteiger partial charge in [0.25, 0.3) is 0 Å². The summed E-state index contributed by atoms with van der Waals surface area (Å²) in [5.74, 6) is -0.177.